The average molecular weight is 362 g/mol. The Morgan fingerprint density at radius 2 is 1.88 bits per heavy atom. The molecule has 0 aliphatic heterocycles. The fourth-order valence-corrected chi connectivity index (χ4v) is 2.60. The van der Waals surface area contributed by atoms with Crippen molar-refractivity contribution in [2.45, 2.75) is 6.42 Å². The van der Waals surface area contributed by atoms with E-state index in [0.29, 0.717) is 40.4 Å². The highest BCUT2D eigenvalue weighted by atomic mass is 35.5. The van der Waals surface area contributed by atoms with E-state index in [4.69, 9.17) is 27.6 Å². The van der Waals surface area contributed by atoms with Gasteiger partial charge in [-0.25, -0.2) is 0 Å². The highest BCUT2D eigenvalue weighted by molar-refractivity contribution is 6.36. The molecule has 0 bridgehead atoms. The van der Waals surface area contributed by atoms with Gasteiger partial charge in [-0.05, 0) is 30.3 Å². The van der Waals surface area contributed by atoms with E-state index in [9.17, 15) is 4.79 Å². The van der Waals surface area contributed by atoms with Gasteiger partial charge in [-0.3, -0.25) is 4.79 Å². The predicted molar refractivity (Wildman–Crippen MR) is 92.2 cm³/mol. The van der Waals surface area contributed by atoms with E-state index in [1.807, 2.05) is 30.3 Å². The van der Waals surface area contributed by atoms with E-state index in [2.05, 4.69) is 15.5 Å². The topological polar surface area (TPSA) is 68.0 Å². The van der Waals surface area contributed by atoms with Gasteiger partial charge in [-0.1, -0.05) is 41.4 Å². The smallest absolute Gasteiger partial charge is 0.252 e. The first-order chi connectivity index (χ1) is 11.6. The summed E-state index contributed by atoms with van der Waals surface area (Å²) in [5, 5.41) is 11.5. The SMILES string of the molecule is O=C(NCCc1nnc(-c2ccccc2)o1)c1ccc(Cl)cc1Cl. The van der Waals surface area contributed by atoms with Gasteiger partial charge in [-0.2, -0.15) is 0 Å². The number of nitrogens with one attached hydrogen (secondary N) is 1. The summed E-state index contributed by atoms with van der Waals surface area (Å²) in [6.07, 6.45) is 0.427. The number of aromatic nitrogens is 2. The fraction of sp³-hybridized carbons (Fsp3) is 0.118. The molecule has 1 aromatic heterocycles. The summed E-state index contributed by atoms with van der Waals surface area (Å²) >= 11 is 11.8. The van der Waals surface area contributed by atoms with E-state index in [1.165, 1.54) is 6.07 Å². The molecule has 1 amide bonds. The van der Waals surface area contributed by atoms with Gasteiger partial charge >= 0.3 is 0 Å². The van der Waals surface area contributed by atoms with Crippen LogP contribution in [-0.2, 0) is 6.42 Å². The number of hydrogen-bond donors (Lipinski definition) is 1. The molecule has 7 heteroatoms. The van der Waals surface area contributed by atoms with Crippen LogP contribution < -0.4 is 5.32 Å². The van der Waals surface area contributed by atoms with Gasteiger partial charge in [0.2, 0.25) is 11.8 Å². The second kappa shape index (κ2) is 7.47. The van der Waals surface area contributed by atoms with Crippen molar-refractivity contribution in [1.29, 1.82) is 0 Å². The molecule has 24 heavy (non-hydrogen) atoms. The summed E-state index contributed by atoms with van der Waals surface area (Å²) in [4.78, 5) is 12.1. The van der Waals surface area contributed by atoms with Crippen molar-refractivity contribution in [3.8, 4) is 11.5 Å². The number of nitrogens with zero attached hydrogens (tertiary/aromatic N) is 2. The Morgan fingerprint density at radius 1 is 1.08 bits per heavy atom. The van der Waals surface area contributed by atoms with Crippen LogP contribution in [0, 0.1) is 0 Å². The lowest BCUT2D eigenvalue weighted by atomic mass is 10.2. The molecule has 3 rings (SSSR count). The molecule has 0 atom stereocenters. The van der Waals surface area contributed by atoms with Gasteiger partial charge in [-0.15, -0.1) is 10.2 Å². The highest BCUT2D eigenvalue weighted by Crippen LogP contribution is 2.21. The Hall–Kier alpha value is -2.37. The molecule has 1 heterocycles. The molecular formula is C17H13Cl2N3O2. The molecule has 1 N–H and O–H groups in total. The summed E-state index contributed by atoms with van der Waals surface area (Å²) in [6, 6.07) is 14.2. The van der Waals surface area contributed by atoms with Crippen molar-refractivity contribution in [2.75, 3.05) is 6.54 Å². The molecule has 122 valence electrons. The van der Waals surface area contributed by atoms with E-state index >= 15 is 0 Å². The maximum atomic E-state index is 12.1. The standard InChI is InChI=1S/C17H13Cl2N3O2/c18-12-6-7-13(14(19)10-12)16(23)20-9-8-15-21-22-17(24-15)11-4-2-1-3-5-11/h1-7,10H,8-9H2,(H,20,23). The zero-order valence-electron chi connectivity index (χ0n) is 12.5. The van der Waals surface area contributed by atoms with Crippen LogP contribution in [0.1, 0.15) is 16.2 Å². The summed E-state index contributed by atoms with van der Waals surface area (Å²) < 4.78 is 5.58. The number of carbonyl (C=O) groups excluding carboxylic acids is 1. The third-order valence-corrected chi connectivity index (χ3v) is 3.84. The van der Waals surface area contributed by atoms with Gasteiger partial charge in [0.1, 0.15) is 0 Å². The van der Waals surface area contributed by atoms with Crippen LogP contribution >= 0.6 is 23.2 Å². The third-order valence-electron chi connectivity index (χ3n) is 3.29. The van der Waals surface area contributed by atoms with Crippen molar-refractivity contribution in [3.63, 3.8) is 0 Å². The lowest BCUT2D eigenvalue weighted by Crippen LogP contribution is -2.26. The monoisotopic (exact) mass is 361 g/mol. The Labute approximate surface area is 148 Å². The minimum Gasteiger partial charge on any atom is -0.421 e. The average Bonchev–Trinajstić information content (AvgIpc) is 3.04. The van der Waals surface area contributed by atoms with Crippen LogP contribution in [0.25, 0.3) is 11.5 Å². The number of benzene rings is 2. The molecule has 0 saturated carbocycles. The molecule has 0 unspecified atom stereocenters. The quantitative estimate of drug-likeness (QED) is 0.745. The van der Waals surface area contributed by atoms with Crippen molar-refractivity contribution in [1.82, 2.24) is 15.5 Å². The lowest BCUT2D eigenvalue weighted by Gasteiger charge is -2.05. The van der Waals surface area contributed by atoms with Crippen molar-refractivity contribution in [2.24, 2.45) is 0 Å². The number of halogens is 2. The van der Waals surface area contributed by atoms with E-state index in [-0.39, 0.29) is 5.91 Å². The van der Waals surface area contributed by atoms with Gasteiger partial charge in [0.05, 0.1) is 10.6 Å². The summed E-state index contributed by atoms with van der Waals surface area (Å²) in [5.74, 6) is 0.633. The van der Waals surface area contributed by atoms with Crippen LogP contribution in [0.3, 0.4) is 0 Å². The second-order valence-electron chi connectivity index (χ2n) is 5.00. The molecule has 0 aliphatic rings. The van der Waals surface area contributed by atoms with Crippen LogP contribution in [-0.4, -0.2) is 22.6 Å². The molecule has 2 aromatic carbocycles. The molecular weight excluding hydrogens is 349 g/mol. The van der Waals surface area contributed by atoms with Crippen LogP contribution in [0.4, 0.5) is 0 Å². The molecule has 0 saturated heterocycles. The van der Waals surface area contributed by atoms with Crippen molar-refractivity contribution >= 4 is 29.1 Å². The van der Waals surface area contributed by atoms with E-state index in [1.54, 1.807) is 12.1 Å². The number of carbonyl (C=O) groups is 1. The fourth-order valence-electron chi connectivity index (χ4n) is 2.10. The van der Waals surface area contributed by atoms with Gasteiger partial charge in [0.25, 0.3) is 5.91 Å². The van der Waals surface area contributed by atoms with Crippen LogP contribution in [0.5, 0.6) is 0 Å². The summed E-state index contributed by atoms with van der Waals surface area (Å²) in [5.41, 5.74) is 1.23. The molecule has 3 aromatic rings. The molecule has 5 nitrogen and oxygen atoms in total. The van der Waals surface area contributed by atoms with E-state index in [0.717, 1.165) is 5.56 Å². The first kappa shape index (κ1) is 16.5. The largest absolute Gasteiger partial charge is 0.421 e. The number of amides is 1. The maximum Gasteiger partial charge on any atom is 0.252 e. The summed E-state index contributed by atoms with van der Waals surface area (Å²) in [6.45, 7) is 0.355. The molecule has 0 aliphatic carbocycles. The zero-order chi connectivity index (χ0) is 16.9. The van der Waals surface area contributed by atoms with Gasteiger partial charge in [0.15, 0.2) is 0 Å². The molecule has 0 spiro atoms. The minimum atomic E-state index is -0.278. The maximum absolute atomic E-state index is 12.1. The van der Waals surface area contributed by atoms with Gasteiger partial charge in [0, 0.05) is 23.6 Å². The highest BCUT2D eigenvalue weighted by Gasteiger charge is 2.12. The minimum absolute atomic E-state index is 0.278. The molecule has 0 fully saturated rings. The number of hydrogen-bond acceptors (Lipinski definition) is 4. The first-order valence-corrected chi connectivity index (χ1v) is 8.00. The van der Waals surface area contributed by atoms with Crippen LogP contribution in [0.2, 0.25) is 10.0 Å². The van der Waals surface area contributed by atoms with Gasteiger partial charge < -0.3 is 9.73 Å². The Bertz CT molecular complexity index is 850. The first-order valence-electron chi connectivity index (χ1n) is 7.24. The Balaban J connectivity index is 1.57. The molecule has 0 radical (unpaired) electrons. The lowest BCUT2D eigenvalue weighted by molar-refractivity contribution is 0.0954. The second-order valence-corrected chi connectivity index (χ2v) is 5.84. The summed E-state index contributed by atoms with van der Waals surface area (Å²) in [7, 11) is 0. The zero-order valence-corrected chi connectivity index (χ0v) is 14.0. The Morgan fingerprint density at radius 3 is 2.62 bits per heavy atom. The third kappa shape index (κ3) is 3.93. The van der Waals surface area contributed by atoms with Crippen molar-refractivity contribution in [3.05, 3.63) is 70.0 Å². The predicted octanol–water partition coefficient (Wildman–Crippen LogP) is 4.02. The van der Waals surface area contributed by atoms with Crippen molar-refractivity contribution < 1.29 is 9.21 Å². The van der Waals surface area contributed by atoms with Crippen LogP contribution in [0.15, 0.2) is 52.9 Å². The number of rotatable bonds is 5. The van der Waals surface area contributed by atoms with E-state index < -0.39 is 0 Å². The Kier molecular flexibility index (Phi) is 5.13. The normalized spacial score (nSPS) is 10.6.